The molecule has 2 aromatic carbocycles. The Labute approximate surface area is 140 Å². The average Bonchev–Trinajstić information content (AvgIpc) is 2.48. The minimum Gasteiger partial charge on any atom is -0.487 e. The summed E-state index contributed by atoms with van der Waals surface area (Å²) in [5.41, 5.74) is 1.34. The minimum atomic E-state index is -0.388. The average molecular weight is 390 g/mol. The Morgan fingerprint density at radius 2 is 1.95 bits per heavy atom. The highest BCUT2D eigenvalue weighted by molar-refractivity contribution is 9.10. The Morgan fingerprint density at radius 3 is 2.62 bits per heavy atom. The van der Waals surface area contributed by atoms with Crippen molar-refractivity contribution in [1.29, 1.82) is 0 Å². The first-order valence-corrected chi connectivity index (χ1v) is 7.50. The van der Waals surface area contributed by atoms with Gasteiger partial charge in [-0.3, -0.25) is 0 Å². The van der Waals surface area contributed by atoms with Gasteiger partial charge in [-0.2, -0.15) is 0 Å². The topological polar surface area (TPSA) is 35.5 Å². The predicted molar refractivity (Wildman–Crippen MR) is 86.3 cm³/mol. The minimum absolute atomic E-state index is 0.294. The second-order valence-corrected chi connectivity index (χ2v) is 5.86. The molecule has 2 aromatic rings. The van der Waals surface area contributed by atoms with Crippen LogP contribution in [0.3, 0.4) is 0 Å². The molecule has 0 aliphatic rings. The van der Waals surface area contributed by atoms with E-state index in [0.717, 1.165) is 10.0 Å². The fraction of sp³-hybridized carbons (Fsp3) is 0.133. The van der Waals surface area contributed by atoms with Gasteiger partial charge in [-0.1, -0.05) is 45.2 Å². The van der Waals surface area contributed by atoms with E-state index in [4.69, 9.17) is 27.9 Å². The number of ether oxygens (including phenoxy) is 2. The maximum absolute atomic E-state index is 11.4. The molecule has 0 amide bonds. The summed E-state index contributed by atoms with van der Waals surface area (Å²) in [6.07, 6.45) is 0. The molecule has 0 spiro atoms. The third-order valence-electron chi connectivity index (χ3n) is 2.75. The molecule has 0 radical (unpaired) electrons. The summed E-state index contributed by atoms with van der Waals surface area (Å²) in [7, 11) is 1.34. The molecule has 0 fully saturated rings. The molecule has 2 rings (SSSR count). The van der Waals surface area contributed by atoms with Crippen LogP contribution in [0.15, 0.2) is 40.9 Å². The highest BCUT2D eigenvalue weighted by Gasteiger charge is 2.10. The number of hydrogen-bond donors (Lipinski definition) is 0. The molecule has 110 valence electrons. The predicted octanol–water partition coefficient (Wildman–Crippen LogP) is 5.12. The van der Waals surface area contributed by atoms with Crippen LogP contribution in [-0.2, 0) is 11.3 Å². The summed E-state index contributed by atoms with van der Waals surface area (Å²) >= 11 is 15.3. The van der Waals surface area contributed by atoms with Crippen molar-refractivity contribution in [1.82, 2.24) is 0 Å². The summed E-state index contributed by atoms with van der Waals surface area (Å²) in [6, 6.07) is 10.2. The number of carbonyl (C=O) groups is 1. The van der Waals surface area contributed by atoms with E-state index in [0.29, 0.717) is 28.0 Å². The zero-order chi connectivity index (χ0) is 15.4. The smallest absolute Gasteiger partial charge is 0.337 e. The number of carbonyl (C=O) groups excluding carboxylic acids is 1. The quantitative estimate of drug-likeness (QED) is 0.680. The SMILES string of the molecule is COC(=O)c1ccc(COc2cc(Cl)ccc2Cl)c(Br)c1. The van der Waals surface area contributed by atoms with Crippen LogP contribution in [0.25, 0.3) is 0 Å². The summed E-state index contributed by atoms with van der Waals surface area (Å²) in [5, 5.41) is 1.04. The van der Waals surface area contributed by atoms with Crippen LogP contribution in [0.1, 0.15) is 15.9 Å². The second kappa shape index (κ2) is 7.16. The molecular weight excluding hydrogens is 379 g/mol. The van der Waals surface area contributed by atoms with Crippen molar-refractivity contribution in [2.24, 2.45) is 0 Å². The molecule has 0 aliphatic carbocycles. The van der Waals surface area contributed by atoms with Crippen molar-refractivity contribution in [2.45, 2.75) is 6.61 Å². The van der Waals surface area contributed by atoms with Crippen LogP contribution in [0.2, 0.25) is 10.0 Å². The van der Waals surface area contributed by atoms with Crippen molar-refractivity contribution in [2.75, 3.05) is 7.11 Å². The van der Waals surface area contributed by atoms with E-state index in [-0.39, 0.29) is 5.97 Å². The van der Waals surface area contributed by atoms with Gasteiger partial charge in [-0.25, -0.2) is 4.79 Å². The largest absolute Gasteiger partial charge is 0.487 e. The van der Waals surface area contributed by atoms with Crippen LogP contribution < -0.4 is 4.74 Å². The Bertz CT molecular complexity index is 674. The highest BCUT2D eigenvalue weighted by atomic mass is 79.9. The lowest BCUT2D eigenvalue weighted by Crippen LogP contribution is -2.03. The van der Waals surface area contributed by atoms with Crippen molar-refractivity contribution < 1.29 is 14.3 Å². The van der Waals surface area contributed by atoms with Crippen molar-refractivity contribution in [3.63, 3.8) is 0 Å². The first-order valence-electron chi connectivity index (χ1n) is 5.96. The van der Waals surface area contributed by atoms with Gasteiger partial charge >= 0.3 is 5.97 Å². The molecule has 0 N–H and O–H groups in total. The lowest BCUT2D eigenvalue weighted by molar-refractivity contribution is 0.0600. The van der Waals surface area contributed by atoms with Crippen LogP contribution in [-0.4, -0.2) is 13.1 Å². The van der Waals surface area contributed by atoms with Crippen LogP contribution >= 0.6 is 39.1 Å². The van der Waals surface area contributed by atoms with E-state index >= 15 is 0 Å². The van der Waals surface area contributed by atoms with Gasteiger partial charge in [0.1, 0.15) is 12.4 Å². The Morgan fingerprint density at radius 1 is 1.19 bits per heavy atom. The van der Waals surface area contributed by atoms with Crippen LogP contribution in [0, 0.1) is 0 Å². The van der Waals surface area contributed by atoms with E-state index in [9.17, 15) is 4.79 Å². The maximum atomic E-state index is 11.4. The Kier molecular flexibility index (Phi) is 5.51. The van der Waals surface area contributed by atoms with Crippen molar-refractivity contribution in [3.8, 4) is 5.75 Å². The van der Waals surface area contributed by atoms with Crippen LogP contribution in [0.4, 0.5) is 0 Å². The molecule has 0 unspecified atom stereocenters. The number of halogens is 3. The van der Waals surface area contributed by atoms with Gasteiger partial charge in [-0.15, -0.1) is 0 Å². The maximum Gasteiger partial charge on any atom is 0.337 e. The third kappa shape index (κ3) is 4.13. The summed E-state index contributed by atoms with van der Waals surface area (Å²) < 4.78 is 11.1. The lowest BCUT2D eigenvalue weighted by atomic mass is 10.1. The van der Waals surface area contributed by atoms with Crippen molar-refractivity contribution in [3.05, 3.63) is 62.0 Å². The molecule has 0 aromatic heterocycles. The van der Waals surface area contributed by atoms with Gasteiger partial charge in [0.2, 0.25) is 0 Å². The van der Waals surface area contributed by atoms with Gasteiger partial charge in [-0.05, 0) is 24.3 Å². The van der Waals surface area contributed by atoms with Crippen molar-refractivity contribution >= 4 is 45.1 Å². The van der Waals surface area contributed by atoms with E-state index in [1.54, 1.807) is 36.4 Å². The zero-order valence-electron chi connectivity index (χ0n) is 11.0. The molecule has 0 bridgehead atoms. The molecule has 21 heavy (non-hydrogen) atoms. The number of esters is 1. The summed E-state index contributed by atoms with van der Waals surface area (Å²) in [4.78, 5) is 11.4. The van der Waals surface area contributed by atoms with Gasteiger partial charge in [0.15, 0.2) is 0 Å². The highest BCUT2D eigenvalue weighted by Crippen LogP contribution is 2.29. The fourth-order valence-electron chi connectivity index (χ4n) is 1.65. The number of rotatable bonds is 4. The Balaban J connectivity index is 2.13. The molecular formula is C15H11BrCl2O3. The molecule has 0 atom stereocenters. The normalized spacial score (nSPS) is 10.3. The van der Waals surface area contributed by atoms with Gasteiger partial charge < -0.3 is 9.47 Å². The zero-order valence-corrected chi connectivity index (χ0v) is 14.1. The molecule has 0 aliphatic heterocycles. The van der Waals surface area contributed by atoms with E-state index in [1.807, 2.05) is 0 Å². The standard InChI is InChI=1S/C15H11BrCl2O3/c1-20-15(19)9-2-3-10(12(16)6-9)8-21-14-7-11(17)4-5-13(14)18/h2-7H,8H2,1H3. The monoisotopic (exact) mass is 388 g/mol. The van der Waals surface area contributed by atoms with E-state index in [1.165, 1.54) is 7.11 Å². The van der Waals surface area contributed by atoms with Gasteiger partial charge in [0.05, 0.1) is 17.7 Å². The second-order valence-electron chi connectivity index (χ2n) is 4.16. The third-order valence-corrected chi connectivity index (χ3v) is 4.04. The summed E-state index contributed by atoms with van der Waals surface area (Å²) in [6.45, 7) is 0.294. The number of benzene rings is 2. The first kappa shape index (κ1) is 16.1. The van der Waals surface area contributed by atoms with Gasteiger partial charge in [0, 0.05) is 21.1 Å². The first-order chi connectivity index (χ1) is 10.0. The van der Waals surface area contributed by atoms with Crippen LogP contribution in [0.5, 0.6) is 5.75 Å². The lowest BCUT2D eigenvalue weighted by Gasteiger charge is -2.10. The molecule has 6 heteroatoms. The number of methoxy groups -OCH3 is 1. The van der Waals surface area contributed by atoms with Gasteiger partial charge in [0.25, 0.3) is 0 Å². The summed E-state index contributed by atoms with van der Waals surface area (Å²) in [5.74, 6) is 0.120. The molecule has 0 saturated carbocycles. The molecule has 0 heterocycles. The fourth-order valence-corrected chi connectivity index (χ4v) is 2.48. The Hall–Kier alpha value is -1.23. The van der Waals surface area contributed by atoms with E-state index < -0.39 is 0 Å². The number of hydrogen-bond acceptors (Lipinski definition) is 3. The van der Waals surface area contributed by atoms with E-state index in [2.05, 4.69) is 20.7 Å². The molecule has 3 nitrogen and oxygen atoms in total. The molecule has 0 saturated heterocycles.